The van der Waals surface area contributed by atoms with Gasteiger partial charge in [0.1, 0.15) is 0 Å². The van der Waals surface area contributed by atoms with Crippen LogP contribution < -0.4 is 0 Å². The summed E-state index contributed by atoms with van der Waals surface area (Å²) in [6.45, 7) is 7.38. The summed E-state index contributed by atoms with van der Waals surface area (Å²) < 4.78 is 0. The standard InChI is InChI=1S/C12H23N.ClH/c1-11(2)9-6-7-12(3,13(4)5)10(11)8-9;/h9-10H,6-8H2,1-5H3;1H. The van der Waals surface area contributed by atoms with Crippen molar-refractivity contribution in [2.45, 2.75) is 45.6 Å². The molecule has 0 aromatic rings. The average Bonchev–Trinajstić information content (AvgIpc) is 2.03. The summed E-state index contributed by atoms with van der Waals surface area (Å²) in [7, 11) is 4.49. The quantitative estimate of drug-likeness (QED) is 0.652. The predicted molar refractivity (Wildman–Crippen MR) is 64.0 cm³/mol. The molecule has 2 bridgehead atoms. The van der Waals surface area contributed by atoms with Gasteiger partial charge in [-0.1, -0.05) is 13.8 Å². The van der Waals surface area contributed by atoms with Gasteiger partial charge in [-0.15, -0.1) is 12.4 Å². The molecule has 1 nitrogen and oxygen atoms in total. The van der Waals surface area contributed by atoms with Gasteiger partial charge in [-0.2, -0.15) is 0 Å². The SMILES string of the molecule is CN(C)C1(C)CCC2CC1C2(C)C.Cl. The first-order chi connectivity index (χ1) is 5.89. The van der Waals surface area contributed by atoms with Crippen molar-refractivity contribution in [1.29, 1.82) is 0 Å². The van der Waals surface area contributed by atoms with Gasteiger partial charge in [0.25, 0.3) is 0 Å². The van der Waals surface area contributed by atoms with E-state index < -0.39 is 0 Å². The molecule has 3 atom stereocenters. The molecule has 0 radical (unpaired) electrons. The van der Waals surface area contributed by atoms with E-state index in [0.717, 1.165) is 11.8 Å². The first-order valence-electron chi connectivity index (χ1n) is 5.56. The Bertz CT molecular complexity index is 222. The Morgan fingerprint density at radius 1 is 1.14 bits per heavy atom. The molecule has 84 valence electrons. The molecule has 0 aliphatic heterocycles. The summed E-state index contributed by atoms with van der Waals surface area (Å²) in [6, 6.07) is 0. The third-order valence-electron chi connectivity index (χ3n) is 5.24. The van der Waals surface area contributed by atoms with E-state index in [1.54, 1.807) is 0 Å². The Labute approximate surface area is 94.7 Å². The fourth-order valence-electron chi connectivity index (χ4n) is 3.74. The summed E-state index contributed by atoms with van der Waals surface area (Å²) in [5, 5.41) is 0. The Morgan fingerprint density at radius 3 is 2.00 bits per heavy atom. The highest BCUT2D eigenvalue weighted by Crippen LogP contribution is 2.63. The van der Waals surface area contributed by atoms with E-state index in [1.165, 1.54) is 19.3 Å². The highest BCUT2D eigenvalue weighted by atomic mass is 35.5. The zero-order chi connectivity index (χ0) is 9.85. The second-order valence-corrected chi connectivity index (χ2v) is 6.10. The molecule has 0 aromatic heterocycles. The molecule has 0 saturated heterocycles. The van der Waals surface area contributed by atoms with E-state index in [9.17, 15) is 0 Å². The van der Waals surface area contributed by atoms with Crippen molar-refractivity contribution < 1.29 is 0 Å². The minimum absolute atomic E-state index is 0. The van der Waals surface area contributed by atoms with Gasteiger partial charge in [0.15, 0.2) is 0 Å². The molecule has 14 heavy (non-hydrogen) atoms. The van der Waals surface area contributed by atoms with Crippen LogP contribution in [-0.2, 0) is 0 Å². The molecule has 3 unspecified atom stereocenters. The Balaban J connectivity index is 0.000000980. The van der Waals surface area contributed by atoms with Gasteiger partial charge in [-0.3, -0.25) is 0 Å². The van der Waals surface area contributed by atoms with E-state index in [0.29, 0.717) is 11.0 Å². The summed E-state index contributed by atoms with van der Waals surface area (Å²) in [5.74, 6) is 1.94. The molecule has 2 heteroatoms. The normalized spacial score (nSPS) is 44.1. The first kappa shape index (κ1) is 12.3. The van der Waals surface area contributed by atoms with E-state index in [4.69, 9.17) is 0 Å². The minimum Gasteiger partial charge on any atom is -0.304 e. The van der Waals surface area contributed by atoms with Gasteiger partial charge in [0, 0.05) is 5.54 Å². The maximum atomic E-state index is 2.47. The first-order valence-corrected chi connectivity index (χ1v) is 5.56. The lowest BCUT2D eigenvalue weighted by atomic mass is 9.43. The van der Waals surface area contributed by atoms with Crippen LogP contribution in [0.25, 0.3) is 0 Å². The smallest absolute Gasteiger partial charge is 0.0208 e. The summed E-state index contributed by atoms with van der Waals surface area (Å²) in [4.78, 5) is 2.45. The molecule has 3 aliphatic carbocycles. The van der Waals surface area contributed by atoms with Crippen molar-refractivity contribution in [3.63, 3.8) is 0 Å². The molecule has 0 heterocycles. The lowest BCUT2D eigenvalue weighted by Crippen LogP contribution is -2.65. The average molecular weight is 218 g/mol. The van der Waals surface area contributed by atoms with Gasteiger partial charge in [-0.05, 0) is 57.5 Å². The molecular formula is C12H24ClN. The van der Waals surface area contributed by atoms with Crippen molar-refractivity contribution in [1.82, 2.24) is 4.90 Å². The monoisotopic (exact) mass is 217 g/mol. The number of rotatable bonds is 1. The fourth-order valence-corrected chi connectivity index (χ4v) is 3.74. The Morgan fingerprint density at radius 2 is 1.71 bits per heavy atom. The van der Waals surface area contributed by atoms with Crippen LogP contribution in [0.5, 0.6) is 0 Å². The van der Waals surface area contributed by atoms with Crippen molar-refractivity contribution in [2.24, 2.45) is 17.3 Å². The van der Waals surface area contributed by atoms with Crippen LogP contribution in [0.4, 0.5) is 0 Å². The number of fused-ring (bicyclic) bond motifs is 2. The molecule has 0 amide bonds. The zero-order valence-corrected chi connectivity index (χ0v) is 10.9. The number of hydrogen-bond donors (Lipinski definition) is 0. The van der Waals surface area contributed by atoms with E-state index >= 15 is 0 Å². The van der Waals surface area contributed by atoms with Crippen LogP contribution in [0.15, 0.2) is 0 Å². The van der Waals surface area contributed by atoms with Crippen molar-refractivity contribution >= 4 is 12.4 Å². The molecule has 0 spiro atoms. The maximum Gasteiger partial charge on any atom is 0.0208 e. The molecule has 3 aliphatic rings. The zero-order valence-electron chi connectivity index (χ0n) is 10.1. The van der Waals surface area contributed by atoms with E-state index in [1.807, 2.05) is 0 Å². The lowest BCUT2D eigenvalue weighted by molar-refractivity contribution is -0.155. The third kappa shape index (κ3) is 1.32. The topological polar surface area (TPSA) is 3.24 Å². The minimum atomic E-state index is 0. The molecule has 3 fully saturated rings. The summed E-state index contributed by atoms with van der Waals surface area (Å²) in [6.07, 6.45) is 4.32. The van der Waals surface area contributed by atoms with Crippen LogP contribution in [0.2, 0.25) is 0 Å². The number of hydrogen-bond acceptors (Lipinski definition) is 1. The van der Waals surface area contributed by atoms with Crippen LogP contribution in [0.3, 0.4) is 0 Å². The van der Waals surface area contributed by atoms with Crippen LogP contribution >= 0.6 is 12.4 Å². The molecule has 3 saturated carbocycles. The van der Waals surface area contributed by atoms with Crippen molar-refractivity contribution in [2.75, 3.05) is 14.1 Å². The third-order valence-corrected chi connectivity index (χ3v) is 5.24. The highest BCUT2D eigenvalue weighted by molar-refractivity contribution is 5.85. The van der Waals surface area contributed by atoms with Gasteiger partial charge < -0.3 is 4.90 Å². The second-order valence-electron chi connectivity index (χ2n) is 6.10. The highest BCUT2D eigenvalue weighted by Gasteiger charge is 2.59. The van der Waals surface area contributed by atoms with Gasteiger partial charge in [-0.25, -0.2) is 0 Å². The number of halogens is 1. The summed E-state index contributed by atoms with van der Waals surface area (Å²) >= 11 is 0. The van der Waals surface area contributed by atoms with Gasteiger partial charge >= 0.3 is 0 Å². The summed E-state index contributed by atoms with van der Waals surface area (Å²) in [5.41, 5.74) is 1.08. The number of nitrogens with zero attached hydrogens (tertiary/aromatic N) is 1. The van der Waals surface area contributed by atoms with Crippen molar-refractivity contribution in [3.8, 4) is 0 Å². The van der Waals surface area contributed by atoms with E-state index in [-0.39, 0.29) is 12.4 Å². The fraction of sp³-hybridized carbons (Fsp3) is 1.00. The lowest BCUT2D eigenvalue weighted by Gasteiger charge is -2.66. The predicted octanol–water partition coefficient (Wildman–Crippen LogP) is 3.18. The Hall–Kier alpha value is 0.250. The second kappa shape index (κ2) is 3.38. The molecular weight excluding hydrogens is 194 g/mol. The molecule has 0 N–H and O–H groups in total. The van der Waals surface area contributed by atoms with Crippen LogP contribution in [0.1, 0.15) is 40.0 Å². The van der Waals surface area contributed by atoms with Gasteiger partial charge in [0.05, 0.1) is 0 Å². The maximum absolute atomic E-state index is 2.47. The van der Waals surface area contributed by atoms with E-state index in [2.05, 4.69) is 39.8 Å². The van der Waals surface area contributed by atoms with Crippen LogP contribution in [0, 0.1) is 17.3 Å². The molecule has 0 aromatic carbocycles. The van der Waals surface area contributed by atoms with Crippen LogP contribution in [-0.4, -0.2) is 24.5 Å². The van der Waals surface area contributed by atoms with Gasteiger partial charge in [0.2, 0.25) is 0 Å². The molecule has 3 rings (SSSR count). The Kier molecular flexibility index (Phi) is 2.98. The van der Waals surface area contributed by atoms with Crippen molar-refractivity contribution in [3.05, 3.63) is 0 Å². The largest absolute Gasteiger partial charge is 0.304 e.